The molecule has 0 aliphatic rings. The van der Waals surface area contributed by atoms with E-state index in [1.54, 1.807) is 24.3 Å². The van der Waals surface area contributed by atoms with Gasteiger partial charge in [0.05, 0.1) is 12.2 Å². The maximum Gasteiger partial charge on any atom is 0.338 e. The van der Waals surface area contributed by atoms with Gasteiger partial charge in [0.2, 0.25) is 5.91 Å². The van der Waals surface area contributed by atoms with Crippen molar-refractivity contribution in [2.45, 2.75) is 6.92 Å². The van der Waals surface area contributed by atoms with E-state index < -0.39 is 24.5 Å². The fourth-order valence-electron chi connectivity index (χ4n) is 2.22. The van der Waals surface area contributed by atoms with Crippen LogP contribution in [0.25, 0.3) is 0 Å². The minimum absolute atomic E-state index is 0.198. The molecule has 8 heteroatoms. The third-order valence-electron chi connectivity index (χ3n) is 3.59. The minimum Gasteiger partial charge on any atom is -0.494 e. The van der Waals surface area contributed by atoms with Crippen LogP contribution in [0.15, 0.2) is 60.7 Å². The maximum absolute atomic E-state index is 12.1. The zero-order valence-electron chi connectivity index (χ0n) is 15.6. The molecule has 0 aromatic heterocycles. The molecule has 0 atom stereocenters. The van der Waals surface area contributed by atoms with E-state index in [9.17, 15) is 19.2 Å². The molecule has 150 valence electrons. The lowest BCUT2D eigenvalue weighted by Gasteiger charge is -2.07. The number of Topliss-reactive ketones (excluding diaryl/α,β-unsaturated/α-hetero) is 1. The molecule has 2 aromatic carbocycles. The molecule has 0 fully saturated rings. The molecule has 1 amide bonds. The quantitative estimate of drug-likeness (QED) is 0.379. The summed E-state index contributed by atoms with van der Waals surface area (Å²) >= 11 is 0. The van der Waals surface area contributed by atoms with Gasteiger partial charge in [0.15, 0.2) is 12.4 Å². The van der Waals surface area contributed by atoms with Gasteiger partial charge in [-0.05, 0) is 55.5 Å². The van der Waals surface area contributed by atoms with Crippen molar-refractivity contribution in [1.82, 2.24) is 0 Å². The van der Waals surface area contributed by atoms with Gasteiger partial charge in [0.1, 0.15) is 5.75 Å². The van der Waals surface area contributed by atoms with E-state index in [0.717, 1.165) is 6.08 Å². The topological polar surface area (TPSA) is 119 Å². The summed E-state index contributed by atoms with van der Waals surface area (Å²) in [6.45, 7) is 1.97. The van der Waals surface area contributed by atoms with Gasteiger partial charge in [-0.3, -0.25) is 9.59 Å². The van der Waals surface area contributed by atoms with Crippen LogP contribution in [0.3, 0.4) is 0 Å². The molecule has 0 bridgehead atoms. The molecule has 0 aliphatic carbocycles. The molecule has 0 saturated carbocycles. The monoisotopic (exact) mass is 397 g/mol. The highest BCUT2D eigenvalue weighted by Gasteiger charge is 2.12. The van der Waals surface area contributed by atoms with Gasteiger partial charge in [-0.25, -0.2) is 9.59 Å². The Bertz CT molecular complexity index is 915. The fraction of sp³-hybridized carbons (Fsp3) is 0.143. The number of hydrogen-bond acceptors (Lipinski definition) is 6. The van der Waals surface area contributed by atoms with Gasteiger partial charge in [0.25, 0.3) is 0 Å². The molecule has 0 spiro atoms. The molecular weight excluding hydrogens is 378 g/mol. The zero-order chi connectivity index (χ0) is 21.2. The summed E-state index contributed by atoms with van der Waals surface area (Å²) in [5, 5.41) is 10.9. The van der Waals surface area contributed by atoms with Crippen LogP contribution in [0.1, 0.15) is 27.6 Å². The summed E-state index contributed by atoms with van der Waals surface area (Å²) in [6.07, 6.45) is 1.58. The normalized spacial score (nSPS) is 10.4. The van der Waals surface area contributed by atoms with Gasteiger partial charge in [-0.2, -0.15) is 0 Å². The summed E-state index contributed by atoms with van der Waals surface area (Å²) in [6, 6.07) is 12.3. The van der Waals surface area contributed by atoms with E-state index in [2.05, 4.69) is 5.32 Å². The summed E-state index contributed by atoms with van der Waals surface area (Å²) in [7, 11) is 0. The molecule has 0 heterocycles. The number of esters is 1. The number of nitrogens with one attached hydrogen (secondary N) is 1. The van der Waals surface area contributed by atoms with Crippen molar-refractivity contribution < 1.29 is 33.8 Å². The van der Waals surface area contributed by atoms with Gasteiger partial charge in [-0.15, -0.1) is 0 Å². The SMILES string of the molecule is CCOc1ccc(C(=O)COC(=O)c2ccc(NC(=O)C=CC(=O)O)cc2)cc1. The number of carboxylic acids is 1. The van der Waals surface area contributed by atoms with E-state index in [0.29, 0.717) is 29.7 Å². The number of aliphatic carboxylic acids is 1. The molecule has 0 aliphatic heterocycles. The molecule has 8 nitrogen and oxygen atoms in total. The highest BCUT2D eigenvalue weighted by atomic mass is 16.5. The number of carboxylic acid groups (broad SMARTS) is 1. The smallest absolute Gasteiger partial charge is 0.338 e. The Morgan fingerprint density at radius 2 is 1.55 bits per heavy atom. The number of ether oxygens (including phenoxy) is 2. The first-order valence-corrected chi connectivity index (χ1v) is 8.64. The number of carbonyl (C=O) groups is 4. The van der Waals surface area contributed by atoms with Crippen LogP contribution < -0.4 is 10.1 Å². The first kappa shape index (κ1) is 21.4. The Morgan fingerprint density at radius 1 is 0.931 bits per heavy atom. The Labute approximate surface area is 166 Å². The number of ketones is 1. The minimum atomic E-state index is -1.24. The van der Waals surface area contributed by atoms with Crippen molar-refractivity contribution in [3.05, 3.63) is 71.8 Å². The second-order valence-corrected chi connectivity index (χ2v) is 5.69. The lowest BCUT2D eigenvalue weighted by Crippen LogP contribution is -2.14. The Morgan fingerprint density at radius 3 is 2.14 bits per heavy atom. The lowest BCUT2D eigenvalue weighted by molar-refractivity contribution is -0.131. The van der Waals surface area contributed by atoms with E-state index in [-0.39, 0.29) is 11.3 Å². The predicted octanol–water partition coefficient (Wildman–Crippen LogP) is 2.70. The molecule has 29 heavy (non-hydrogen) atoms. The number of carbonyl (C=O) groups excluding carboxylic acids is 3. The van der Waals surface area contributed by atoms with E-state index in [1.807, 2.05) is 6.92 Å². The Hall–Kier alpha value is -3.94. The van der Waals surface area contributed by atoms with Crippen LogP contribution >= 0.6 is 0 Å². The molecule has 2 rings (SSSR count). The summed E-state index contributed by atoms with van der Waals surface area (Å²) in [5.74, 6) is -2.25. The maximum atomic E-state index is 12.1. The largest absolute Gasteiger partial charge is 0.494 e. The molecule has 0 radical (unpaired) electrons. The molecular formula is C21H19NO7. The first-order chi connectivity index (χ1) is 13.9. The summed E-state index contributed by atoms with van der Waals surface area (Å²) in [4.78, 5) is 46.1. The van der Waals surface area contributed by atoms with Gasteiger partial charge < -0.3 is 19.9 Å². The van der Waals surface area contributed by atoms with Crippen molar-refractivity contribution in [3.8, 4) is 5.75 Å². The third kappa shape index (κ3) is 6.94. The lowest BCUT2D eigenvalue weighted by atomic mass is 10.1. The number of hydrogen-bond donors (Lipinski definition) is 2. The third-order valence-corrected chi connectivity index (χ3v) is 3.59. The van der Waals surface area contributed by atoms with Crippen molar-refractivity contribution >= 4 is 29.3 Å². The molecule has 0 unspecified atom stereocenters. The number of anilines is 1. The van der Waals surface area contributed by atoms with Gasteiger partial charge >= 0.3 is 11.9 Å². The Balaban J connectivity index is 1.88. The number of benzene rings is 2. The summed E-state index contributed by atoms with van der Waals surface area (Å²) in [5.41, 5.74) is 0.962. The van der Waals surface area contributed by atoms with Crippen molar-refractivity contribution in [3.63, 3.8) is 0 Å². The van der Waals surface area contributed by atoms with E-state index >= 15 is 0 Å². The van der Waals surface area contributed by atoms with Gasteiger partial charge in [-0.1, -0.05) is 0 Å². The second kappa shape index (κ2) is 10.4. The van der Waals surface area contributed by atoms with Crippen LogP contribution in [0, 0.1) is 0 Å². The highest BCUT2D eigenvalue weighted by molar-refractivity contribution is 6.03. The average Bonchev–Trinajstić information content (AvgIpc) is 2.71. The first-order valence-electron chi connectivity index (χ1n) is 8.64. The molecule has 2 N–H and O–H groups in total. The average molecular weight is 397 g/mol. The van der Waals surface area contributed by atoms with Crippen LogP contribution in [0.2, 0.25) is 0 Å². The number of rotatable bonds is 9. The Kier molecular flexibility index (Phi) is 7.67. The molecule has 0 saturated heterocycles. The second-order valence-electron chi connectivity index (χ2n) is 5.69. The van der Waals surface area contributed by atoms with Crippen LogP contribution in [-0.4, -0.2) is 41.9 Å². The molecule has 2 aromatic rings. The van der Waals surface area contributed by atoms with Crippen molar-refractivity contribution in [2.24, 2.45) is 0 Å². The fourth-order valence-corrected chi connectivity index (χ4v) is 2.22. The standard InChI is InChI=1S/C21H19NO7/c1-2-28-17-9-5-14(6-10-17)18(23)13-29-21(27)15-3-7-16(8-4-15)22-19(24)11-12-20(25)26/h3-12H,2,13H2,1H3,(H,22,24)(H,25,26). The highest BCUT2D eigenvalue weighted by Crippen LogP contribution is 2.14. The predicted molar refractivity (Wildman–Crippen MR) is 104 cm³/mol. The van der Waals surface area contributed by atoms with E-state index in [1.165, 1.54) is 24.3 Å². The summed E-state index contributed by atoms with van der Waals surface area (Å²) < 4.78 is 10.3. The van der Waals surface area contributed by atoms with Crippen LogP contribution in [-0.2, 0) is 14.3 Å². The van der Waals surface area contributed by atoms with E-state index in [4.69, 9.17) is 14.6 Å². The van der Waals surface area contributed by atoms with Crippen LogP contribution in [0.4, 0.5) is 5.69 Å². The number of amides is 1. The van der Waals surface area contributed by atoms with Crippen LogP contribution in [0.5, 0.6) is 5.75 Å². The van der Waals surface area contributed by atoms with Crippen molar-refractivity contribution in [2.75, 3.05) is 18.5 Å². The zero-order valence-corrected chi connectivity index (χ0v) is 15.6. The van der Waals surface area contributed by atoms with Gasteiger partial charge in [0, 0.05) is 23.4 Å². The van der Waals surface area contributed by atoms with Crippen molar-refractivity contribution in [1.29, 1.82) is 0 Å².